The van der Waals surface area contributed by atoms with Gasteiger partial charge in [-0.25, -0.2) is 19.2 Å². The largest absolute Gasteiger partial charge is 0.460 e. The Kier molecular flexibility index (Phi) is 34.5. The second-order valence-corrected chi connectivity index (χ2v) is 36.9. The Morgan fingerprint density at radius 2 is 0.529 bits per heavy atom. The summed E-state index contributed by atoms with van der Waals surface area (Å²) >= 11 is 0. The second kappa shape index (κ2) is 47.6. The number of benzene rings is 9. The zero-order valence-corrected chi connectivity index (χ0v) is 79.9. The quantitative estimate of drug-likeness (QED) is 0.00651. The smallest absolute Gasteiger partial charge is 0.330 e. The van der Waals surface area contributed by atoms with Gasteiger partial charge in [-0.1, -0.05) is 192 Å². The van der Waals surface area contributed by atoms with Gasteiger partial charge in [-0.15, -0.1) is 0 Å². The van der Waals surface area contributed by atoms with E-state index >= 15 is 28.8 Å². The highest BCUT2D eigenvalue weighted by Gasteiger charge is 2.51. The Labute approximate surface area is 806 Å². The van der Waals surface area contributed by atoms with Crippen molar-refractivity contribution < 1.29 is 105 Å². The number of rotatable bonds is 48. The van der Waals surface area contributed by atoms with Crippen LogP contribution in [0.2, 0.25) is 0 Å². The van der Waals surface area contributed by atoms with Crippen molar-refractivity contribution in [2.45, 2.75) is 231 Å². The molecule has 138 heavy (non-hydrogen) atoms. The van der Waals surface area contributed by atoms with Gasteiger partial charge < -0.3 is 66.6 Å². The van der Waals surface area contributed by atoms with Crippen molar-refractivity contribution in [1.29, 1.82) is 0 Å². The molecule has 0 aromatic heterocycles. The number of carbonyl (C=O) groups excluding carboxylic acids is 10. The monoisotopic (exact) mass is 1880 g/mol. The standard InChI is InChI=1S/C112H128N4O22/c1-9-71(7)105(111(125)113(77-27-19-15-20-28-77)78-29-21-16-22-30-78)115-107(121)85-67-89(135-81-43-35-73(36-44-81)51-55-127-59-63-131-93(117)11-3)99-101-91(137-83-47-39-75(40-48-83)53-57-129-61-65-133-95(119)13-5)69-87-98-88(110(124)116(109(87)123)106(72(8)10-2)112(126)114(79-31-23-17-24-32-79)80-33-25-18-26-34-80)70-92(138-84-49-41-76(42-50-84)54-58-130-62-66-134-96(120)14-6)102(104(98)101)100-90(68-86(108(115)122)97(85)103(99)100)136-82-45-37-74(38-46-82)52-56-128-60-64-132-94(118)12-4/h11-14,35-50,67-72,77-80,105-106H,3-6,9-10,15-34,51-66H2,1-2,7-8H3. The second-order valence-electron chi connectivity index (χ2n) is 36.9. The molecule has 9 aromatic carbocycles. The summed E-state index contributed by atoms with van der Waals surface area (Å²) in [5, 5.41) is 1.78. The Morgan fingerprint density at radius 1 is 0.312 bits per heavy atom. The van der Waals surface area contributed by atoms with E-state index in [-0.39, 0.29) is 227 Å². The summed E-state index contributed by atoms with van der Waals surface area (Å²) in [5.74, 6) is -5.62. The van der Waals surface area contributed by atoms with E-state index in [1.165, 1.54) is 9.80 Å². The average Bonchev–Trinajstić information content (AvgIpc) is 0.668. The van der Waals surface area contributed by atoms with E-state index in [1.54, 1.807) is 72.8 Å². The van der Waals surface area contributed by atoms with Crippen LogP contribution < -0.4 is 18.9 Å². The SMILES string of the molecule is C=CC(=O)OCCOCCc1ccc(Oc2cc3c4c(cc(Oc5ccc(CCOCCOC(=O)C=C)cc5)c5c6c(Oc7ccc(CCOCCOC(=O)C=C)cc7)cc7c8c(cc(Oc9ccc(CCOCCOC(=O)C=C)cc9)c(c2c45)c86)C(=O)N(C(C(=O)N(C2CCCCC2)C2CCCCC2)C(C)CC)C7=O)C(=O)N(C(C(=O)N(C2CCCCC2)C2CCCCC2)C(C)CC)C3=O)cc1. The van der Waals surface area contributed by atoms with Crippen molar-refractivity contribution in [1.82, 2.24) is 19.6 Å². The minimum absolute atomic E-state index is 0.0121. The van der Waals surface area contributed by atoms with Crippen molar-refractivity contribution in [2.75, 3.05) is 79.3 Å². The zero-order valence-electron chi connectivity index (χ0n) is 79.9. The molecule has 26 heteroatoms. The fraction of sp³-hybridized carbons (Fsp3) is 0.446. The lowest BCUT2D eigenvalue weighted by Crippen LogP contribution is -2.61. The summed E-state index contributed by atoms with van der Waals surface area (Å²) in [7, 11) is 0. The van der Waals surface area contributed by atoms with E-state index in [2.05, 4.69) is 36.1 Å². The van der Waals surface area contributed by atoms with Crippen molar-refractivity contribution in [3.05, 3.63) is 216 Å². The number of amides is 6. The van der Waals surface area contributed by atoms with Crippen molar-refractivity contribution in [3.8, 4) is 46.0 Å². The van der Waals surface area contributed by atoms with Gasteiger partial charge in [0, 0.05) is 91.6 Å². The average molecular weight is 1880 g/mol. The molecule has 9 aromatic rings. The van der Waals surface area contributed by atoms with Gasteiger partial charge >= 0.3 is 23.9 Å². The third-order valence-corrected chi connectivity index (χ3v) is 28.1. The number of hydrogen-bond donors (Lipinski definition) is 0. The highest BCUT2D eigenvalue weighted by Crippen LogP contribution is 2.59. The molecule has 2 heterocycles. The van der Waals surface area contributed by atoms with Crippen LogP contribution in [0.4, 0.5) is 0 Å². The van der Waals surface area contributed by atoms with Crippen LogP contribution in [0.25, 0.3) is 43.1 Å². The van der Waals surface area contributed by atoms with Crippen LogP contribution in [-0.2, 0) is 92.3 Å². The van der Waals surface area contributed by atoms with Crippen molar-refractivity contribution in [2.24, 2.45) is 11.8 Å². The molecule has 26 nitrogen and oxygen atoms in total. The fourth-order valence-corrected chi connectivity index (χ4v) is 20.7. The molecule has 0 radical (unpaired) electrons. The highest BCUT2D eigenvalue weighted by atomic mass is 16.6. The molecule has 4 unspecified atom stereocenters. The van der Waals surface area contributed by atoms with Crippen molar-refractivity contribution in [3.63, 3.8) is 0 Å². The molecular formula is C112H128N4O22. The number of imide groups is 2. The lowest BCUT2D eigenvalue weighted by atomic mass is 9.79. The van der Waals surface area contributed by atoms with E-state index in [0.717, 1.165) is 175 Å². The summed E-state index contributed by atoms with van der Waals surface area (Å²) in [5.41, 5.74) is 3.44. The van der Waals surface area contributed by atoms with E-state index < -0.39 is 71.4 Å². The Balaban J connectivity index is 1.01. The molecule has 728 valence electrons. The van der Waals surface area contributed by atoms with Crippen LogP contribution in [0, 0.1) is 11.8 Å². The van der Waals surface area contributed by atoms with Gasteiger partial charge in [0.25, 0.3) is 23.6 Å². The maximum absolute atomic E-state index is 17.3. The molecule has 6 aliphatic rings. The first kappa shape index (κ1) is 99.8. The predicted molar refractivity (Wildman–Crippen MR) is 525 cm³/mol. The third-order valence-electron chi connectivity index (χ3n) is 28.1. The maximum Gasteiger partial charge on any atom is 0.330 e. The number of nitrogens with zero attached hydrogens (tertiary/aromatic N) is 4. The minimum atomic E-state index is -1.30. The van der Waals surface area contributed by atoms with Crippen LogP contribution >= 0.6 is 0 Å². The number of esters is 4. The van der Waals surface area contributed by atoms with Gasteiger partial charge in [0.15, 0.2) is 0 Å². The van der Waals surface area contributed by atoms with Gasteiger partial charge in [0.1, 0.15) is 84.5 Å². The Hall–Kier alpha value is -12.6. The zero-order chi connectivity index (χ0) is 96.9. The van der Waals surface area contributed by atoms with E-state index in [1.807, 2.05) is 76.2 Å². The molecule has 15 rings (SSSR count). The first-order valence-electron chi connectivity index (χ1n) is 49.5. The van der Waals surface area contributed by atoms with Gasteiger partial charge in [-0.3, -0.25) is 38.6 Å². The Bertz CT molecular complexity index is 5230. The lowest BCUT2D eigenvalue weighted by Gasteiger charge is -2.46. The molecule has 4 atom stereocenters. The molecule has 0 saturated heterocycles. The van der Waals surface area contributed by atoms with E-state index in [4.69, 9.17) is 56.8 Å². The summed E-state index contributed by atoms with van der Waals surface area (Å²) < 4.78 is 74.6. The topological polar surface area (TPSA) is 294 Å². The van der Waals surface area contributed by atoms with Crippen molar-refractivity contribution >= 4 is 102 Å². The van der Waals surface area contributed by atoms with Crippen LogP contribution in [-0.4, -0.2) is 194 Å². The van der Waals surface area contributed by atoms with Crippen LogP contribution in [0.15, 0.2) is 172 Å². The summed E-state index contributed by atoms with van der Waals surface area (Å²) in [6.45, 7) is 23.5. The lowest BCUT2D eigenvalue weighted by molar-refractivity contribution is -0.144. The summed E-state index contributed by atoms with van der Waals surface area (Å²) in [6.07, 6.45) is 24.8. The number of hydrogen-bond acceptors (Lipinski definition) is 22. The van der Waals surface area contributed by atoms with Gasteiger partial charge in [0.2, 0.25) is 11.8 Å². The van der Waals surface area contributed by atoms with E-state index in [0.29, 0.717) is 38.5 Å². The number of fused-ring (bicyclic) bond motifs is 2. The van der Waals surface area contributed by atoms with E-state index in [9.17, 15) is 19.2 Å². The first-order chi connectivity index (χ1) is 67.2. The molecule has 6 amide bonds. The molecular weight excluding hydrogens is 1750 g/mol. The molecule has 0 bridgehead atoms. The summed E-state index contributed by atoms with van der Waals surface area (Å²) in [6, 6.07) is 32.9. The van der Waals surface area contributed by atoms with Gasteiger partial charge in [-0.2, -0.15) is 0 Å². The fourth-order valence-electron chi connectivity index (χ4n) is 20.7. The molecule has 2 aliphatic heterocycles. The van der Waals surface area contributed by atoms with Crippen LogP contribution in [0.3, 0.4) is 0 Å². The molecule has 0 N–H and O–H groups in total. The first-order valence-corrected chi connectivity index (χ1v) is 49.5. The number of carbonyl (C=O) groups is 10. The minimum Gasteiger partial charge on any atom is -0.460 e. The summed E-state index contributed by atoms with van der Waals surface area (Å²) in [4.78, 5) is 157. The molecule has 4 aliphatic carbocycles. The maximum atomic E-state index is 17.3. The number of ether oxygens (including phenoxy) is 12. The third kappa shape index (κ3) is 23.0. The van der Waals surface area contributed by atoms with Crippen LogP contribution in [0.1, 0.15) is 233 Å². The molecule has 0 spiro atoms. The Morgan fingerprint density at radius 3 is 0.732 bits per heavy atom. The van der Waals surface area contributed by atoms with Gasteiger partial charge in [0.05, 0.1) is 75.1 Å². The normalized spacial score (nSPS) is 16.4. The predicted octanol–water partition coefficient (Wildman–Crippen LogP) is 21.1. The molecule has 4 saturated carbocycles. The van der Waals surface area contributed by atoms with Crippen LogP contribution in [0.5, 0.6) is 46.0 Å². The molecule has 4 fully saturated rings. The highest BCUT2D eigenvalue weighted by molar-refractivity contribution is 6.45. The van der Waals surface area contributed by atoms with Gasteiger partial charge in [-0.05, 0) is 184 Å².